The number of ether oxygens (including phenoxy) is 1. The summed E-state index contributed by atoms with van der Waals surface area (Å²) in [5, 5.41) is 1.01. The lowest BCUT2D eigenvalue weighted by atomic mass is 10.2. The van der Waals surface area contributed by atoms with Crippen LogP contribution in [0.15, 0.2) is 29.2 Å². The molecule has 1 aromatic carbocycles. The molecule has 2 rings (SSSR count). The predicted octanol–water partition coefficient (Wildman–Crippen LogP) is 2.19. The maximum Gasteiger partial charge on any atom is 0.189 e. The van der Waals surface area contributed by atoms with Gasteiger partial charge >= 0.3 is 0 Å². The number of methoxy groups -OCH3 is 1. The molecule has 2 aromatic rings. The van der Waals surface area contributed by atoms with E-state index in [1.807, 2.05) is 0 Å². The molecular formula is C10H8ClNO2. The van der Waals surface area contributed by atoms with E-state index in [0.29, 0.717) is 16.2 Å². The van der Waals surface area contributed by atoms with Gasteiger partial charge in [0, 0.05) is 23.7 Å². The number of nitrogens with one attached hydrogen (secondary N) is 1. The summed E-state index contributed by atoms with van der Waals surface area (Å²) in [6.07, 6.45) is 1.60. The van der Waals surface area contributed by atoms with Crippen LogP contribution in [0.4, 0.5) is 0 Å². The summed E-state index contributed by atoms with van der Waals surface area (Å²) >= 11 is 5.90. The first kappa shape index (κ1) is 9.09. The highest BCUT2D eigenvalue weighted by Crippen LogP contribution is 2.27. The largest absolute Gasteiger partial charge is 0.495 e. The molecule has 0 saturated carbocycles. The lowest BCUT2D eigenvalue weighted by Gasteiger charge is -2.04. The highest BCUT2D eigenvalue weighted by molar-refractivity contribution is 6.32. The number of rotatable bonds is 1. The van der Waals surface area contributed by atoms with Crippen LogP contribution in [0.25, 0.3) is 10.9 Å². The van der Waals surface area contributed by atoms with E-state index in [2.05, 4.69) is 4.98 Å². The van der Waals surface area contributed by atoms with Crippen LogP contribution in [0.2, 0.25) is 5.02 Å². The number of aromatic nitrogens is 1. The molecule has 1 N–H and O–H groups in total. The minimum absolute atomic E-state index is 0.0525. The van der Waals surface area contributed by atoms with Crippen molar-refractivity contribution in [1.29, 1.82) is 0 Å². The van der Waals surface area contributed by atoms with E-state index in [0.717, 1.165) is 5.52 Å². The molecule has 0 radical (unpaired) electrons. The monoisotopic (exact) mass is 209 g/mol. The van der Waals surface area contributed by atoms with Crippen LogP contribution in [0.1, 0.15) is 0 Å². The van der Waals surface area contributed by atoms with Crippen molar-refractivity contribution in [3.63, 3.8) is 0 Å². The molecule has 0 unspecified atom stereocenters. The third-order valence-electron chi connectivity index (χ3n) is 2.03. The normalized spacial score (nSPS) is 10.4. The van der Waals surface area contributed by atoms with Crippen molar-refractivity contribution in [2.75, 3.05) is 7.11 Å². The number of fused-ring (bicyclic) bond motifs is 1. The van der Waals surface area contributed by atoms with Crippen LogP contribution in [0.5, 0.6) is 5.75 Å². The molecule has 0 aliphatic carbocycles. The van der Waals surface area contributed by atoms with Crippen molar-refractivity contribution in [3.8, 4) is 5.75 Å². The second-order valence-corrected chi connectivity index (χ2v) is 3.28. The minimum Gasteiger partial charge on any atom is -0.495 e. The highest BCUT2D eigenvalue weighted by Gasteiger charge is 2.04. The SMILES string of the molecule is COc1cc2[nH]ccc(=O)c2cc1Cl. The summed E-state index contributed by atoms with van der Waals surface area (Å²) in [6, 6.07) is 4.78. The number of H-pyrrole nitrogens is 1. The fourth-order valence-electron chi connectivity index (χ4n) is 1.33. The summed E-state index contributed by atoms with van der Waals surface area (Å²) < 4.78 is 5.04. The summed E-state index contributed by atoms with van der Waals surface area (Å²) in [6.45, 7) is 0. The van der Waals surface area contributed by atoms with E-state index >= 15 is 0 Å². The van der Waals surface area contributed by atoms with Gasteiger partial charge in [-0.1, -0.05) is 11.6 Å². The molecular weight excluding hydrogens is 202 g/mol. The Labute approximate surface area is 85.3 Å². The Kier molecular flexibility index (Phi) is 2.17. The van der Waals surface area contributed by atoms with Crippen LogP contribution in [-0.4, -0.2) is 12.1 Å². The zero-order chi connectivity index (χ0) is 10.1. The Morgan fingerprint density at radius 1 is 1.43 bits per heavy atom. The van der Waals surface area contributed by atoms with E-state index in [9.17, 15) is 4.79 Å². The van der Waals surface area contributed by atoms with Crippen molar-refractivity contribution in [2.45, 2.75) is 0 Å². The van der Waals surface area contributed by atoms with Gasteiger partial charge in [-0.15, -0.1) is 0 Å². The Morgan fingerprint density at radius 2 is 2.21 bits per heavy atom. The number of pyridine rings is 1. The Morgan fingerprint density at radius 3 is 2.93 bits per heavy atom. The second kappa shape index (κ2) is 3.35. The first-order chi connectivity index (χ1) is 6.72. The molecule has 0 spiro atoms. The Bertz CT molecular complexity index is 533. The summed E-state index contributed by atoms with van der Waals surface area (Å²) in [4.78, 5) is 14.4. The topological polar surface area (TPSA) is 42.1 Å². The first-order valence-corrected chi connectivity index (χ1v) is 4.45. The van der Waals surface area contributed by atoms with Crippen LogP contribution in [0.3, 0.4) is 0 Å². The van der Waals surface area contributed by atoms with Gasteiger partial charge in [-0.2, -0.15) is 0 Å². The number of halogens is 1. The van der Waals surface area contributed by atoms with Crippen LogP contribution < -0.4 is 10.2 Å². The molecule has 1 heterocycles. The van der Waals surface area contributed by atoms with Gasteiger partial charge in [0.05, 0.1) is 17.6 Å². The average Bonchev–Trinajstić information content (AvgIpc) is 2.19. The molecule has 0 aliphatic heterocycles. The van der Waals surface area contributed by atoms with Gasteiger partial charge in [-0.05, 0) is 6.07 Å². The number of aromatic amines is 1. The van der Waals surface area contributed by atoms with Gasteiger partial charge in [0.25, 0.3) is 0 Å². The molecule has 0 bridgehead atoms. The van der Waals surface area contributed by atoms with Gasteiger partial charge in [-0.3, -0.25) is 4.79 Å². The first-order valence-electron chi connectivity index (χ1n) is 4.07. The third-order valence-corrected chi connectivity index (χ3v) is 2.33. The van der Waals surface area contributed by atoms with E-state index in [1.54, 1.807) is 18.3 Å². The van der Waals surface area contributed by atoms with Crippen LogP contribution >= 0.6 is 11.6 Å². The molecule has 4 heteroatoms. The van der Waals surface area contributed by atoms with Crippen molar-refractivity contribution >= 4 is 22.5 Å². The van der Waals surface area contributed by atoms with Gasteiger partial charge in [0.1, 0.15) is 5.75 Å². The van der Waals surface area contributed by atoms with Gasteiger partial charge < -0.3 is 9.72 Å². The van der Waals surface area contributed by atoms with Crippen molar-refractivity contribution in [3.05, 3.63) is 39.6 Å². The Hall–Kier alpha value is -1.48. The fourth-order valence-corrected chi connectivity index (χ4v) is 1.57. The number of hydrogen-bond donors (Lipinski definition) is 1. The second-order valence-electron chi connectivity index (χ2n) is 2.87. The zero-order valence-electron chi connectivity index (χ0n) is 7.50. The number of hydrogen-bond acceptors (Lipinski definition) is 2. The predicted molar refractivity (Wildman–Crippen MR) is 56.1 cm³/mol. The molecule has 0 saturated heterocycles. The van der Waals surface area contributed by atoms with Gasteiger partial charge in [0.2, 0.25) is 0 Å². The summed E-state index contributed by atoms with van der Waals surface area (Å²) in [7, 11) is 1.54. The van der Waals surface area contributed by atoms with Crippen LogP contribution in [-0.2, 0) is 0 Å². The third kappa shape index (κ3) is 1.36. The summed E-state index contributed by atoms with van der Waals surface area (Å²) in [5.41, 5.74) is 0.669. The fraction of sp³-hybridized carbons (Fsp3) is 0.100. The Balaban J connectivity index is 2.86. The van der Waals surface area contributed by atoms with Crippen molar-refractivity contribution in [2.24, 2.45) is 0 Å². The lowest BCUT2D eigenvalue weighted by molar-refractivity contribution is 0.415. The molecule has 0 fully saturated rings. The smallest absolute Gasteiger partial charge is 0.189 e. The van der Waals surface area contributed by atoms with E-state index in [-0.39, 0.29) is 5.43 Å². The zero-order valence-corrected chi connectivity index (χ0v) is 8.26. The summed E-state index contributed by atoms with van der Waals surface area (Å²) in [5.74, 6) is 0.556. The maximum atomic E-state index is 11.4. The average molecular weight is 210 g/mol. The molecule has 14 heavy (non-hydrogen) atoms. The van der Waals surface area contributed by atoms with E-state index in [4.69, 9.17) is 16.3 Å². The van der Waals surface area contributed by atoms with Gasteiger partial charge in [-0.25, -0.2) is 0 Å². The number of benzene rings is 1. The van der Waals surface area contributed by atoms with Crippen LogP contribution in [0, 0.1) is 0 Å². The van der Waals surface area contributed by atoms with Gasteiger partial charge in [0.15, 0.2) is 5.43 Å². The lowest BCUT2D eigenvalue weighted by Crippen LogP contribution is -2.00. The van der Waals surface area contributed by atoms with E-state index in [1.165, 1.54) is 13.2 Å². The molecule has 0 amide bonds. The molecule has 0 aliphatic rings. The maximum absolute atomic E-state index is 11.4. The minimum atomic E-state index is -0.0525. The highest BCUT2D eigenvalue weighted by atomic mass is 35.5. The molecule has 72 valence electrons. The standard InChI is InChI=1S/C10H8ClNO2/c1-14-10-5-8-6(4-7(10)11)9(13)2-3-12-8/h2-5H,1H3,(H,12,13). The molecule has 3 nitrogen and oxygen atoms in total. The van der Waals surface area contributed by atoms with E-state index < -0.39 is 0 Å². The molecule has 1 aromatic heterocycles. The quantitative estimate of drug-likeness (QED) is 0.782. The molecule has 0 atom stereocenters. The van der Waals surface area contributed by atoms with Crippen molar-refractivity contribution < 1.29 is 4.74 Å². The van der Waals surface area contributed by atoms with Crippen molar-refractivity contribution in [1.82, 2.24) is 4.98 Å².